The van der Waals surface area contributed by atoms with Gasteiger partial charge in [0.2, 0.25) is 0 Å². The Morgan fingerprint density at radius 3 is 2.58 bits per heavy atom. The molecule has 162 valence electrons. The molecule has 7 heteroatoms. The van der Waals surface area contributed by atoms with Crippen molar-refractivity contribution in [3.63, 3.8) is 0 Å². The topological polar surface area (TPSA) is 83.4 Å². The molecule has 4 rings (SSSR count). The summed E-state index contributed by atoms with van der Waals surface area (Å²) in [5.74, 6) is 2.07. The van der Waals surface area contributed by atoms with Gasteiger partial charge in [-0.3, -0.25) is 0 Å². The summed E-state index contributed by atoms with van der Waals surface area (Å²) in [4.78, 5) is 11.3. The average molecular weight is 420 g/mol. The SMILES string of the molecule is COc1cc2c(Nc3ccc(C(C)=N)cc3)ncnc2cc1OCCCN1CCCC1. The van der Waals surface area contributed by atoms with Crippen molar-refractivity contribution < 1.29 is 9.47 Å². The molecule has 2 aromatic carbocycles. The lowest BCUT2D eigenvalue weighted by Crippen LogP contribution is -2.21. The van der Waals surface area contributed by atoms with Crippen molar-refractivity contribution in [3.8, 4) is 11.5 Å². The van der Waals surface area contributed by atoms with Gasteiger partial charge < -0.3 is 25.1 Å². The zero-order valence-electron chi connectivity index (χ0n) is 18.1. The number of ether oxygens (including phenoxy) is 2. The summed E-state index contributed by atoms with van der Waals surface area (Å²) in [5.41, 5.74) is 3.12. The van der Waals surface area contributed by atoms with Gasteiger partial charge in [0.05, 0.1) is 19.2 Å². The molecule has 0 aliphatic carbocycles. The van der Waals surface area contributed by atoms with Gasteiger partial charge in [-0.05, 0) is 63.0 Å². The van der Waals surface area contributed by atoms with Crippen molar-refractivity contribution in [2.24, 2.45) is 0 Å². The molecule has 1 saturated heterocycles. The minimum absolute atomic E-state index is 0.539. The van der Waals surface area contributed by atoms with E-state index in [0.717, 1.165) is 35.1 Å². The Bertz CT molecular complexity index is 1050. The lowest BCUT2D eigenvalue weighted by molar-refractivity contribution is 0.254. The molecule has 1 aromatic heterocycles. The second kappa shape index (κ2) is 9.75. The van der Waals surface area contributed by atoms with Crippen LogP contribution in [0, 0.1) is 5.41 Å². The Morgan fingerprint density at radius 1 is 1.10 bits per heavy atom. The van der Waals surface area contributed by atoms with E-state index in [1.54, 1.807) is 20.4 Å². The molecule has 0 amide bonds. The van der Waals surface area contributed by atoms with Crippen LogP contribution in [0.5, 0.6) is 11.5 Å². The Labute approximate surface area is 182 Å². The minimum Gasteiger partial charge on any atom is -0.493 e. The maximum Gasteiger partial charge on any atom is 0.163 e. The van der Waals surface area contributed by atoms with Gasteiger partial charge in [0.25, 0.3) is 0 Å². The third-order valence-electron chi connectivity index (χ3n) is 5.58. The molecule has 1 fully saturated rings. The van der Waals surface area contributed by atoms with E-state index in [9.17, 15) is 0 Å². The normalized spacial score (nSPS) is 14.0. The number of hydrogen-bond donors (Lipinski definition) is 2. The van der Waals surface area contributed by atoms with Crippen LogP contribution in [0.3, 0.4) is 0 Å². The number of anilines is 2. The number of aromatic nitrogens is 2. The minimum atomic E-state index is 0.539. The number of hydrogen-bond acceptors (Lipinski definition) is 7. The van der Waals surface area contributed by atoms with Gasteiger partial charge in [-0.2, -0.15) is 0 Å². The van der Waals surface area contributed by atoms with E-state index in [0.29, 0.717) is 29.6 Å². The third-order valence-corrected chi connectivity index (χ3v) is 5.58. The lowest BCUT2D eigenvalue weighted by atomic mass is 10.1. The summed E-state index contributed by atoms with van der Waals surface area (Å²) in [6, 6.07) is 11.6. The highest BCUT2D eigenvalue weighted by Crippen LogP contribution is 2.34. The summed E-state index contributed by atoms with van der Waals surface area (Å²) >= 11 is 0. The van der Waals surface area contributed by atoms with E-state index in [4.69, 9.17) is 14.9 Å². The van der Waals surface area contributed by atoms with Crippen molar-refractivity contribution in [3.05, 3.63) is 48.3 Å². The van der Waals surface area contributed by atoms with Crippen LogP contribution < -0.4 is 14.8 Å². The first kappa shape index (κ1) is 21.1. The second-order valence-electron chi connectivity index (χ2n) is 7.82. The standard InChI is InChI=1S/C24H29N5O2/c1-17(25)18-6-8-19(9-7-18)28-24-20-14-22(30-2)23(15-21(20)26-16-27-24)31-13-5-12-29-10-3-4-11-29/h6-9,14-16,25H,3-5,10-13H2,1-2H3,(H,26,27,28). The largest absolute Gasteiger partial charge is 0.493 e. The summed E-state index contributed by atoms with van der Waals surface area (Å²) < 4.78 is 11.6. The molecule has 2 N–H and O–H groups in total. The molecule has 0 unspecified atom stereocenters. The van der Waals surface area contributed by atoms with Crippen LogP contribution in [0.2, 0.25) is 0 Å². The van der Waals surface area contributed by atoms with E-state index in [2.05, 4.69) is 20.2 Å². The highest BCUT2D eigenvalue weighted by atomic mass is 16.5. The van der Waals surface area contributed by atoms with Crippen LogP contribution in [0.15, 0.2) is 42.7 Å². The molecule has 31 heavy (non-hydrogen) atoms. The Balaban J connectivity index is 1.49. The number of nitrogens with zero attached hydrogens (tertiary/aromatic N) is 3. The maximum atomic E-state index is 7.73. The number of fused-ring (bicyclic) bond motifs is 1. The fourth-order valence-corrected chi connectivity index (χ4v) is 3.85. The molecule has 3 aromatic rings. The number of nitrogens with one attached hydrogen (secondary N) is 2. The Morgan fingerprint density at radius 2 is 1.87 bits per heavy atom. The molecule has 1 aliphatic heterocycles. The van der Waals surface area contributed by atoms with Crippen LogP contribution in [-0.4, -0.2) is 53.9 Å². The highest BCUT2D eigenvalue weighted by Gasteiger charge is 2.13. The van der Waals surface area contributed by atoms with E-state index in [1.165, 1.54) is 25.9 Å². The number of benzene rings is 2. The van der Waals surface area contributed by atoms with E-state index >= 15 is 0 Å². The van der Waals surface area contributed by atoms with Gasteiger partial charge in [0, 0.05) is 29.4 Å². The van der Waals surface area contributed by atoms with Crippen molar-refractivity contribution >= 4 is 28.1 Å². The smallest absolute Gasteiger partial charge is 0.163 e. The molecule has 2 heterocycles. The number of methoxy groups -OCH3 is 1. The first-order valence-corrected chi connectivity index (χ1v) is 10.7. The van der Waals surface area contributed by atoms with E-state index in [-0.39, 0.29) is 0 Å². The predicted octanol–water partition coefficient (Wildman–Crippen LogP) is 4.63. The van der Waals surface area contributed by atoms with Gasteiger partial charge in [-0.15, -0.1) is 0 Å². The molecule has 0 atom stereocenters. The summed E-state index contributed by atoms with van der Waals surface area (Å²) in [6.07, 6.45) is 5.15. The predicted molar refractivity (Wildman–Crippen MR) is 124 cm³/mol. The zero-order valence-corrected chi connectivity index (χ0v) is 18.1. The maximum absolute atomic E-state index is 7.73. The van der Waals surface area contributed by atoms with Crippen molar-refractivity contribution in [2.75, 3.05) is 38.7 Å². The molecular weight excluding hydrogens is 390 g/mol. The van der Waals surface area contributed by atoms with Crippen molar-refractivity contribution in [1.82, 2.24) is 14.9 Å². The molecule has 0 radical (unpaired) electrons. The summed E-state index contributed by atoms with van der Waals surface area (Å²) in [6.45, 7) is 5.90. The number of likely N-dealkylation sites (tertiary alicyclic amines) is 1. The van der Waals surface area contributed by atoms with Gasteiger partial charge in [0.1, 0.15) is 12.1 Å². The van der Waals surface area contributed by atoms with Crippen molar-refractivity contribution in [2.45, 2.75) is 26.2 Å². The van der Waals surface area contributed by atoms with E-state index < -0.39 is 0 Å². The van der Waals surface area contributed by atoms with Gasteiger partial charge >= 0.3 is 0 Å². The van der Waals surface area contributed by atoms with E-state index in [1.807, 2.05) is 36.4 Å². The fraction of sp³-hybridized carbons (Fsp3) is 0.375. The van der Waals surface area contributed by atoms with Gasteiger partial charge in [-0.25, -0.2) is 9.97 Å². The van der Waals surface area contributed by atoms with Crippen LogP contribution in [0.4, 0.5) is 11.5 Å². The lowest BCUT2D eigenvalue weighted by Gasteiger charge is -2.16. The molecular formula is C24H29N5O2. The monoisotopic (exact) mass is 419 g/mol. The molecule has 0 saturated carbocycles. The third kappa shape index (κ3) is 5.11. The second-order valence-corrected chi connectivity index (χ2v) is 7.82. The van der Waals surface area contributed by atoms with Gasteiger partial charge in [-0.1, -0.05) is 12.1 Å². The average Bonchev–Trinajstić information content (AvgIpc) is 3.30. The Kier molecular flexibility index (Phi) is 6.62. The fourth-order valence-electron chi connectivity index (χ4n) is 3.85. The first-order chi connectivity index (χ1) is 15.1. The van der Waals surface area contributed by atoms with Crippen molar-refractivity contribution in [1.29, 1.82) is 5.41 Å². The zero-order chi connectivity index (χ0) is 21.6. The van der Waals surface area contributed by atoms with Crippen LogP contribution in [0.25, 0.3) is 10.9 Å². The molecule has 0 bridgehead atoms. The summed E-state index contributed by atoms with van der Waals surface area (Å²) in [5, 5.41) is 11.9. The van der Waals surface area contributed by atoms with Crippen LogP contribution >= 0.6 is 0 Å². The first-order valence-electron chi connectivity index (χ1n) is 10.7. The van der Waals surface area contributed by atoms with Crippen LogP contribution in [0.1, 0.15) is 31.7 Å². The molecule has 0 spiro atoms. The molecule has 7 nitrogen and oxygen atoms in total. The summed E-state index contributed by atoms with van der Waals surface area (Å²) in [7, 11) is 1.65. The number of rotatable bonds is 9. The quantitative estimate of drug-likeness (QED) is 0.388. The van der Waals surface area contributed by atoms with Crippen LogP contribution in [-0.2, 0) is 0 Å². The van der Waals surface area contributed by atoms with Gasteiger partial charge in [0.15, 0.2) is 11.5 Å². The molecule has 1 aliphatic rings. The Hall–Kier alpha value is -3.19. The highest BCUT2D eigenvalue weighted by molar-refractivity contribution is 5.97.